The van der Waals surface area contributed by atoms with E-state index in [4.69, 9.17) is 17.8 Å². The maximum Gasteiger partial charge on any atom is 0.296 e. The van der Waals surface area contributed by atoms with E-state index in [0.29, 0.717) is 12.2 Å². The van der Waals surface area contributed by atoms with E-state index in [1.807, 2.05) is 0 Å². The normalized spacial score (nSPS) is 31.3. The van der Waals surface area contributed by atoms with Crippen molar-refractivity contribution in [1.29, 1.82) is 0 Å². The Bertz CT molecular complexity index is 1200. The second-order valence-electron chi connectivity index (χ2n) is 10.3. The monoisotopic (exact) mass is 534 g/mol. The maximum atomic E-state index is 12.6. The highest BCUT2D eigenvalue weighted by Gasteiger charge is 2.45. The number of hydrogen-bond donors (Lipinski definition) is 0. The van der Waals surface area contributed by atoms with E-state index in [1.54, 1.807) is 24.3 Å². The van der Waals surface area contributed by atoms with Gasteiger partial charge in [0, 0.05) is 0 Å². The van der Waals surface area contributed by atoms with Crippen LogP contribution < -0.4 is 0 Å². The number of rotatable bonds is 9. The van der Waals surface area contributed by atoms with Crippen molar-refractivity contribution in [3.8, 4) is 11.1 Å². The fourth-order valence-corrected chi connectivity index (χ4v) is 7.37. The molecule has 36 heavy (non-hydrogen) atoms. The summed E-state index contributed by atoms with van der Waals surface area (Å²) in [6.07, 6.45) is 6.78. The molecule has 2 aliphatic carbocycles. The summed E-state index contributed by atoms with van der Waals surface area (Å²) in [6, 6.07) is 12.8. The van der Waals surface area contributed by atoms with Gasteiger partial charge in [-0.1, -0.05) is 24.3 Å². The Balaban J connectivity index is 1.05. The number of hydrogen-bond acceptors (Lipinski definition) is 8. The number of ether oxygens (including phenoxy) is 2. The molecule has 4 fully saturated rings. The van der Waals surface area contributed by atoms with Crippen molar-refractivity contribution in [2.75, 3.05) is 13.2 Å². The van der Waals surface area contributed by atoms with E-state index in [1.165, 1.54) is 24.3 Å². The molecular formula is C26H30O8S2. The minimum Gasteiger partial charge on any atom is -0.370 e. The van der Waals surface area contributed by atoms with Crippen molar-refractivity contribution in [2.45, 2.75) is 72.7 Å². The Morgan fingerprint density at radius 1 is 0.583 bits per heavy atom. The molecule has 0 bridgehead atoms. The van der Waals surface area contributed by atoms with Crippen molar-refractivity contribution in [3.63, 3.8) is 0 Å². The predicted molar refractivity (Wildman–Crippen MR) is 130 cm³/mol. The lowest BCUT2D eigenvalue weighted by molar-refractivity contribution is 0.222. The average Bonchev–Trinajstić information content (AvgIpc) is 3.81. The van der Waals surface area contributed by atoms with Gasteiger partial charge in [0.25, 0.3) is 20.2 Å². The largest absolute Gasteiger partial charge is 0.370 e. The van der Waals surface area contributed by atoms with Gasteiger partial charge in [-0.2, -0.15) is 16.8 Å². The summed E-state index contributed by atoms with van der Waals surface area (Å²) in [5, 5.41) is 0. The highest BCUT2D eigenvalue weighted by molar-refractivity contribution is 7.87. The van der Waals surface area contributed by atoms with Crippen LogP contribution in [0.15, 0.2) is 58.3 Å². The molecule has 2 saturated carbocycles. The highest BCUT2D eigenvalue weighted by atomic mass is 32.2. The zero-order valence-corrected chi connectivity index (χ0v) is 21.5. The summed E-state index contributed by atoms with van der Waals surface area (Å²) in [4.78, 5) is 0.196. The van der Waals surface area contributed by atoms with E-state index < -0.39 is 20.2 Å². The number of fused-ring (bicyclic) bond motifs is 2. The second kappa shape index (κ2) is 9.49. The van der Waals surface area contributed by atoms with Gasteiger partial charge in [-0.15, -0.1) is 0 Å². The molecule has 2 heterocycles. The van der Waals surface area contributed by atoms with Crippen LogP contribution in [-0.2, 0) is 38.1 Å². The SMILES string of the molecule is O=S(=O)(OCC1CCC2OC2C1)c1ccc(-c2ccc(S(=O)(=O)OCC3CCC4OC4C3)cc2)cc1. The first-order valence-electron chi connectivity index (χ1n) is 12.6. The van der Waals surface area contributed by atoms with Crippen molar-refractivity contribution < 1.29 is 34.7 Å². The molecule has 4 aliphatic rings. The lowest BCUT2D eigenvalue weighted by Crippen LogP contribution is -2.20. The van der Waals surface area contributed by atoms with Crippen LogP contribution >= 0.6 is 0 Å². The van der Waals surface area contributed by atoms with Crippen LogP contribution in [0.25, 0.3) is 11.1 Å². The molecule has 6 atom stereocenters. The molecule has 0 amide bonds. The topological polar surface area (TPSA) is 112 Å². The molecule has 2 aromatic rings. The van der Waals surface area contributed by atoms with Crippen molar-refractivity contribution in [3.05, 3.63) is 48.5 Å². The summed E-state index contributed by atoms with van der Waals surface area (Å²) in [6.45, 7) is 0.342. The summed E-state index contributed by atoms with van der Waals surface area (Å²) in [5.74, 6) is 0.396. The molecule has 2 aromatic carbocycles. The Morgan fingerprint density at radius 2 is 0.972 bits per heavy atom. The van der Waals surface area contributed by atoms with E-state index in [0.717, 1.165) is 49.7 Å². The van der Waals surface area contributed by atoms with Gasteiger partial charge in [0.2, 0.25) is 0 Å². The molecule has 6 rings (SSSR count). The van der Waals surface area contributed by atoms with E-state index >= 15 is 0 Å². The fraction of sp³-hybridized carbons (Fsp3) is 0.538. The quantitative estimate of drug-likeness (QED) is 0.352. The minimum absolute atomic E-state index is 0.0980. The Labute approximate surface area is 212 Å². The Kier molecular flexibility index (Phi) is 6.46. The molecule has 194 valence electrons. The van der Waals surface area contributed by atoms with Gasteiger partial charge in [-0.3, -0.25) is 8.37 Å². The van der Waals surface area contributed by atoms with E-state index in [2.05, 4.69) is 0 Å². The van der Waals surface area contributed by atoms with Crippen LogP contribution in [0.5, 0.6) is 0 Å². The standard InChI is InChI=1S/C26H30O8S2/c27-35(28,31-15-17-1-11-23-25(13-17)33-23)21-7-3-19(4-8-21)20-5-9-22(10-6-20)36(29,30)32-16-18-2-12-24-26(14-18)34-24/h3-10,17-18,23-26H,1-2,11-16H2. The summed E-state index contributed by atoms with van der Waals surface area (Å²) >= 11 is 0. The van der Waals surface area contributed by atoms with Crippen LogP contribution in [0.4, 0.5) is 0 Å². The van der Waals surface area contributed by atoms with Gasteiger partial charge >= 0.3 is 0 Å². The van der Waals surface area contributed by atoms with Crippen LogP contribution in [-0.4, -0.2) is 54.5 Å². The molecule has 6 unspecified atom stereocenters. The van der Waals surface area contributed by atoms with Crippen molar-refractivity contribution in [2.24, 2.45) is 11.8 Å². The maximum absolute atomic E-state index is 12.6. The van der Waals surface area contributed by atoms with Gasteiger partial charge in [0.05, 0.1) is 47.4 Å². The fourth-order valence-electron chi connectivity index (χ4n) is 5.41. The molecule has 0 N–H and O–H groups in total. The second-order valence-corrected chi connectivity index (χ2v) is 13.5. The smallest absolute Gasteiger partial charge is 0.296 e. The lowest BCUT2D eigenvalue weighted by atomic mass is 9.90. The van der Waals surface area contributed by atoms with Crippen molar-refractivity contribution in [1.82, 2.24) is 0 Å². The molecule has 2 saturated heterocycles. The van der Waals surface area contributed by atoms with Crippen LogP contribution in [0.1, 0.15) is 38.5 Å². The van der Waals surface area contributed by atoms with Gasteiger partial charge in [0.15, 0.2) is 0 Å². The first-order valence-corrected chi connectivity index (χ1v) is 15.4. The molecule has 0 spiro atoms. The van der Waals surface area contributed by atoms with Gasteiger partial charge in [-0.25, -0.2) is 0 Å². The molecule has 2 aliphatic heterocycles. The Morgan fingerprint density at radius 3 is 1.33 bits per heavy atom. The third kappa shape index (κ3) is 5.39. The minimum atomic E-state index is -3.85. The first-order chi connectivity index (χ1) is 17.3. The van der Waals surface area contributed by atoms with Crippen LogP contribution in [0, 0.1) is 11.8 Å². The lowest BCUT2D eigenvalue weighted by Gasteiger charge is -2.18. The van der Waals surface area contributed by atoms with Crippen LogP contribution in [0.3, 0.4) is 0 Å². The van der Waals surface area contributed by atoms with Gasteiger partial charge < -0.3 is 9.47 Å². The zero-order valence-electron chi connectivity index (χ0n) is 19.8. The highest BCUT2D eigenvalue weighted by Crippen LogP contribution is 2.40. The van der Waals surface area contributed by atoms with Gasteiger partial charge in [-0.05, 0) is 85.8 Å². The van der Waals surface area contributed by atoms with Crippen molar-refractivity contribution >= 4 is 20.2 Å². The average molecular weight is 535 g/mol. The van der Waals surface area contributed by atoms with E-state index in [9.17, 15) is 16.8 Å². The molecule has 0 radical (unpaired) electrons. The first kappa shape index (κ1) is 24.5. The molecule has 8 nitrogen and oxygen atoms in total. The third-order valence-electron chi connectivity index (χ3n) is 7.76. The number of benzene rings is 2. The Hall–Kier alpha value is -1.82. The van der Waals surface area contributed by atoms with Crippen LogP contribution in [0.2, 0.25) is 0 Å². The summed E-state index contributed by atoms with van der Waals surface area (Å²) in [5.41, 5.74) is 1.54. The molecule has 0 aromatic heterocycles. The predicted octanol–water partition coefficient (Wildman–Crippen LogP) is 3.90. The summed E-state index contributed by atoms with van der Waals surface area (Å²) < 4.78 is 72.1. The van der Waals surface area contributed by atoms with E-state index in [-0.39, 0.29) is 47.0 Å². The zero-order chi connectivity index (χ0) is 24.9. The summed E-state index contributed by atoms with van der Waals surface area (Å²) in [7, 11) is -7.70. The third-order valence-corrected chi connectivity index (χ3v) is 10.4. The number of epoxide rings is 2. The van der Waals surface area contributed by atoms with Gasteiger partial charge in [0.1, 0.15) is 0 Å². The molecule has 10 heteroatoms. The molecular weight excluding hydrogens is 504 g/mol.